The van der Waals surface area contributed by atoms with E-state index in [1.807, 2.05) is 0 Å². The van der Waals surface area contributed by atoms with Gasteiger partial charge in [0.15, 0.2) is 0 Å². The number of aliphatic carboxylic acids is 2. The predicted octanol–water partition coefficient (Wildman–Crippen LogP) is -2.20. The van der Waals surface area contributed by atoms with Gasteiger partial charge in [-0.25, -0.2) is 4.79 Å². The molecule has 0 aromatic carbocycles. The Morgan fingerprint density at radius 2 is 1.50 bits per heavy atom. The number of hydrogen-bond donors (Lipinski definition) is 8. The average Bonchev–Trinajstić information content (AvgIpc) is 2.68. The van der Waals surface area contributed by atoms with Crippen LogP contribution in [0.5, 0.6) is 0 Å². The quantitative estimate of drug-likeness (QED) is 0.100. The van der Waals surface area contributed by atoms with Crippen LogP contribution in [-0.2, 0) is 24.0 Å². The van der Waals surface area contributed by atoms with Gasteiger partial charge in [-0.2, -0.15) is 12.6 Å². The zero-order valence-electron chi connectivity index (χ0n) is 16.8. The Morgan fingerprint density at radius 1 is 0.900 bits per heavy atom. The first-order chi connectivity index (χ1) is 14.0. The fourth-order valence-electron chi connectivity index (χ4n) is 2.32. The third-order valence-corrected chi connectivity index (χ3v) is 4.50. The average molecular weight is 450 g/mol. The van der Waals surface area contributed by atoms with Crippen molar-refractivity contribution >= 4 is 42.3 Å². The lowest BCUT2D eigenvalue weighted by molar-refractivity contribution is -0.141. The van der Waals surface area contributed by atoms with E-state index in [0.29, 0.717) is 25.8 Å². The molecule has 0 aliphatic carbocycles. The number of carbonyl (C=O) groups excluding carboxylic acids is 3. The van der Waals surface area contributed by atoms with E-state index in [2.05, 4.69) is 28.6 Å². The minimum Gasteiger partial charge on any atom is -0.481 e. The van der Waals surface area contributed by atoms with Crippen LogP contribution in [0.2, 0.25) is 0 Å². The van der Waals surface area contributed by atoms with Crippen LogP contribution in [0.4, 0.5) is 0 Å². The first kappa shape index (κ1) is 27.6. The Balaban J connectivity index is 4.99. The second-order valence-corrected chi connectivity index (χ2v) is 7.06. The monoisotopic (exact) mass is 449 g/mol. The highest BCUT2D eigenvalue weighted by atomic mass is 32.1. The van der Waals surface area contributed by atoms with Crippen molar-refractivity contribution in [1.82, 2.24) is 16.0 Å². The Hall–Kier alpha value is -2.38. The van der Waals surface area contributed by atoms with Gasteiger partial charge in [0.1, 0.15) is 18.1 Å². The van der Waals surface area contributed by atoms with Crippen molar-refractivity contribution in [2.75, 3.05) is 12.3 Å². The second kappa shape index (κ2) is 14.6. The van der Waals surface area contributed by atoms with Gasteiger partial charge in [-0.1, -0.05) is 6.42 Å². The van der Waals surface area contributed by atoms with Gasteiger partial charge in [-0.15, -0.1) is 0 Å². The number of rotatable bonds is 15. The molecule has 9 N–H and O–H groups in total. The highest BCUT2D eigenvalue weighted by Gasteiger charge is 2.28. The van der Waals surface area contributed by atoms with E-state index in [4.69, 9.17) is 21.7 Å². The first-order valence-electron chi connectivity index (χ1n) is 9.45. The summed E-state index contributed by atoms with van der Waals surface area (Å²) in [4.78, 5) is 58.6. The summed E-state index contributed by atoms with van der Waals surface area (Å²) in [5.41, 5.74) is 11.2. The van der Waals surface area contributed by atoms with E-state index in [9.17, 15) is 24.0 Å². The molecule has 3 amide bonds. The van der Waals surface area contributed by atoms with Gasteiger partial charge in [0.2, 0.25) is 17.7 Å². The molecular formula is C17H31N5O7S. The lowest BCUT2D eigenvalue weighted by Crippen LogP contribution is -2.56. The number of carboxylic acids is 2. The minimum atomic E-state index is -1.29. The van der Waals surface area contributed by atoms with Gasteiger partial charge >= 0.3 is 11.9 Å². The van der Waals surface area contributed by atoms with Gasteiger partial charge < -0.3 is 37.6 Å². The van der Waals surface area contributed by atoms with Crippen LogP contribution in [0.1, 0.15) is 39.0 Å². The summed E-state index contributed by atoms with van der Waals surface area (Å²) in [5, 5.41) is 24.8. The van der Waals surface area contributed by atoms with Crippen LogP contribution in [0, 0.1) is 0 Å². The number of carbonyl (C=O) groups is 5. The molecule has 0 saturated heterocycles. The third kappa shape index (κ3) is 11.0. The SMILES string of the molecule is CC(NC(=O)C(CCC(=O)O)NC(=O)C(N)CCCCN)C(=O)NC(CS)C(=O)O. The van der Waals surface area contributed by atoms with Crippen LogP contribution in [0.15, 0.2) is 0 Å². The zero-order chi connectivity index (χ0) is 23.3. The normalized spacial score (nSPS) is 14.7. The Kier molecular flexibility index (Phi) is 13.4. The smallest absolute Gasteiger partial charge is 0.327 e. The second-order valence-electron chi connectivity index (χ2n) is 6.70. The third-order valence-electron chi connectivity index (χ3n) is 4.14. The minimum absolute atomic E-state index is 0.152. The summed E-state index contributed by atoms with van der Waals surface area (Å²) in [6, 6.07) is -4.51. The van der Waals surface area contributed by atoms with Crippen molar-refractivity contribution in [1.29, 1.82) is 0 Å². The van der Waals surface area contributed by atoms with E-state index in [1.54, 1.807) is 0 Å². The molecule has 0 heterocycles. The zero-order valence-corrected chi connectivity index (χ0v) is 17.7. The van der Waals surface area contributed by atoms with Gasteiger partial charge in [0, 0.05) is 12.2 Å². The molecule has 4 atom stereocenters. The summed E-state index contributed by atoms with van der Waals surface area (Å²) in [6.07, 6.45) is 1.02. The molecule has 172 valence electrons. The maximum atomic E-state index is 12.5. The standard InChI is InChI=1S/C17H31N5O7S/c1-9(14(25)22-12(8-30)17(28)29)20-16(27)11(5-6-13(23)24)21-15(26)10(19)4-2-3-7-18/h9-12,30H,2-8,18-19H2,1H3,(H,20,27)(H,21,26)(H,22,25)(H,23,24)(H,28,29). The summed E-state index contributed by atoms with van der Waals surface area (Å²) < 4.78 is 0. The molecule has 12 nitrogen and oxygen atoms in total. The summed E-state index contributed by atoms with van der Waals surface area (Å²) >= 11 is 3.83. The maximum absolute atomic E-state index is 12.5. The molecule has 4 unspecified atom stereocenters. The van der Waals surface area contributed by atoms with Crippen molar-refractivity contribution < 1.29 is 34.2 Å². The van der Waals surface area contributed by atoms with E-state index in [0.717, 1.165) is 0 Å². The highest BCUT2D eigenvalue weighted by Crippen LogP contribution is 2.03. The number of carboxylic acid groups (broad SMARTS) is 2. The molecule has 0 bridgehead atoms. The number of thiol groups is 1. The van der Waals surface area contributed by atoms with Gasteiger partial charge in [0.05, 0.1) is 6.04 Å². The van der Waals surface area contributed by atoms with Crippen LogP contribution in [-0.4, -0.2) is 76.3 Å². The van der Waals surface area contributed by atoms with Crippen molar-refractivity contribution in [3.8, 4) is 0 Å². The fourth-order valence-corrected chi connectivity index (χ4v) is 2.56. The molecule has 0 aliphatic heterocycles. The molecule has 0 radical (unpaired) electrons. The molecule has 0 rings (SSSR count). The molecule has 0 aromatic rings. The van der Waals surface area contributed by atoms with Crippen molar-refractivity contribution in [3.05, 3.63) is 0 Å². The lowest BCUT2D eigenvalue weighted by atomic mass is 10.1. The molecular weight excluding hydrogens is 418 g/mol. The number of unbranched alkanes of at least 4 members (excludes halogenated alkanes) is 1. The maximum Gasteiger partial charge on any atom is 0.327 e. The van der Waals surface area contributed by atoms with Gasteiger partial charge in [-0.3, -0.25) is 19.2 Å². The topological polar surface area (TPSA) is 214 Å². The van der Waals surface area contributed by atoms with Crippen LogP contribution in [0.3, 0.4) is 0 Å². The molecule has 0 fully saturated rings. The van der Waals surface area contributed by atoms with Crippen molar-refractivity contribution in [2.24, 2.45) is 11.5 Å². The first-order valence-corrected chi connectivity index (χ1v) is 10.1. The summed E-state index contributed by atoms with van der Waals surface area (Å²) in [5.74, 6) is -4.80. The lowest BCUT2D eigenvalue weighted by Gasteiger charge is -2.23. The molecule has 0 aliphatic rings. The van der Waals surface area contributed by atoms with Gasteiger partial charge in [0.25, 0.3) is 0 Å². The van der Waals surface area contributed by atoms with E-state index < -0.39 is 60.2 Å². The van der Waals surface area contributed by atoms with Gasteiger partial charge in [-0.05, 0) is 32.7 Å². The molecule has 30 heavy (non-hydrogen) atoms. The highest BCUT2D eigenvalue weighted by molar-refractivity contribution is 7.80. The van der Waals surface area contributed by atoms with Crippen LogP contribution in [0.25, 0.3) is 0 Å². The number of amides is 3. The van der Waals surface area contributed by atoms with Crippen molar-refractivity contribution in [2.45, 2.75) is 63.2 Å². The molecule has 13 heteroatoms. The number of nitrogens with two attached hydrogens (primary N) is 2. The van der Waals surface area contributed by atoms with E-state index in [1.165, 1.54) is 6.92 Å². The van der Waals surface area contributed by atoms with E-state index >= 15 is 0 Å². The van der Waals surface area contributed by atoms with E-state index in [-0.39, 0.29) is 12.2 Å². The molecule has 0 spiro atoms. The molecule has 0 aromatic heterocycles. The Morgan fingerprint density at radius 3 is 2.00 bits per heavy atom. The molecule has 0 saturated carbocycles. The largest absolute Gasteiger partial charge is 0.481 e. The number of hydrogen-bond acceptors (Lipinski definition) is 8. The van der Waals surface area contributed by atoms with Crippen LogP contribution < -0.4 is 27.4 Å². The van der Waals surface area contributed by atoms with Crippen molar-refractivity contribution in [3.63, 3.8) is 0 Å². The Labute approximate surface area is 179 Å². The summed E-state index contributed by atoms with van der Waals surface area (Å²) in [7, 11) is 0. The Bertz CT molecular complexity index is 619. The number of nitrogens with one attached hydrogen (secondary N) is 3. The predicted molar refractivity (Wildman–Crippen MR) is 111 cm³/mol. The summed E-state index contributed by atoms with van der Waals surface area (Å²) in [6.45, 7) is 1.77. The van der Waals surface area contributed by atoms with Crippen LogP contribution >= 0.6 is 12.6 Å². The fraction of sp³-hybridized carbons (Fsp3) is 0.706.